The number of anilines is 6. The number of hydrogen-bond donors (Lipinski definition) is 0. The van der Waals surface area contributed by atoms with E-state index in [0.717, 1.165) is 64.6 Å². The summed E-state index contributed by atoms with van der Waals surface area (Å²) in [7, 11) is 0. The van der Waals surface area contributed by atoms with E-state index in [1.807, 2.05) is 0 Å². The molecular weight excluding hydrogens is 681 g/mol. The zero-order valence-corrected chi connectivity index (χ0v) is 31.1. The van der Waals surface area contributed by atoms with Gasteiger partial charge >= 0.3 is 0 Å². The molecule has 0 amide bonds. The average molecular weight is 721 g/mol. The molecule has 0 saturated heterocycles. The minimum Gasteiger partial charge on any atom is -0.456 e. The topological polar surface area (TPSA) is 19.6 Å². The van der Waals surface area contributed by atoms with Crippen molar-refractivity contribution in [3.05, 3.63) is 216 Å². The molecule has 268 valence electrons. The van der Waals surface area contributed by atoms with Crippen LogP contribution < -0.4 is 9.80 Å². The number of para-hydroxylation sites is 4. The van der Waals surface area contributed by atoms with Crippen molar-refractivity contribution in [1.82, 2.24) is 0 Å². The van der Waals surface area contributed by atoms with Gasteiger partial charge in [-0.15, -0.1) is 0 Å². The first-order chi connectivity index (χ1) is 27.8. The highest BCUT2D eigenvalue weighted by atomic mass is 16.3. The SMILES string of the molecule is c1ccc(-c2c(N(c3ccccc3)c3cccc4c3[C@]3(CCc5cccc(N(c6ccccc6)c6ccccc6)c53)CC4)ccc3oc4ccccc4c23)cc1. The zero-order chi connectivity index (χ0) is 37.1. The molecule has 56 heavy (non-hydrogen) atoms. The maximum Gasteiger partial charge on any atom is 0.136 e. The third-order valence-electron chi connectivity index (χ3n) is 12.2. The summed E-state index contributed by atoms with van der Waals surface area (Å²) in [5, 5.41) is 2.27. The lowest BCUT2D eigenvalue weighted by molar-refractivity contribution is 0.508. The predicted molar refractivity (Wildman–Crippen MR) is 232 cm³/mol. The molecule has 1 heterocycles. The van der Waals surface area contributed by atoms with Crippen LogP contribution in [0.2, 0.25) is 0 Å². The van der Waals surface area contributed by atoms with Gasteiger partial charge in [0.25, 0.3) is 0 Å². The van der Waals surface area contributed by atoms with Gasteiger partial charge in [-0.05, 0) is 120 Å². The molecule has 1 atom stereocenters. The molecule has 0 N–H and O–H groups in total. The van der Waals surface area contributed by atoms with Gasteiger partial charge in [-0.1, -0.05) is 127 Å². The number of furan rings is 1. The van der Waals surface area contributed by atoms with E-state index in [-0.39, 0.29) is 5.41 Å². The Kier molecular flexibility index (Phi) is 7.67. The standard InChI is InChI=1S/C53H40N2O/c1-5-17-37(18-6-1)49-44(31-32-48-50(49)43-27-13-14-30-47(43)56-48)55(42-25-11-4-12-26-42)46-29-16-20-39-34-36-53(52(39)46)35-33-38-19-15-28-45(51(38)53)54(40-21-7-2-8-22-40)41-23-9-3-10-24-41/h1-32H,33-36H2/t53-/m1/s1. The van der Waals surface area contributed by atoms with Crippen LogP contribution in [0.15, 0.2) is 199 Å². The Balaban J connectivity index is 1.19. The third-order valence-corrected chi connectivity index (χ3v) is 12.2. The van der Waals surface area contributed by atoms with E-state index in [4.69, 9.17) is 4.42 Å². The second kappa shape index (κ2) is 13.2. The summed E-state index contributed by atoms with van der Waals surface area (Å²) in [5.74, 6) is 0. The minimum absolute atomic E-state index is 0.175. The van der Waals surface area contributed by atoms with E-state index in [0.29, 0.717) is 0 Å². The fraction of sp³-hybridized carbons (Fsp3) is 0.0943. The summed E-state index contributed by atoms with van der Waals surface area (Å²) in [6, 6.07) is 70.5. The van der Waals surface area contributed by atoms with Gasteiger partial charge in [0.05, 0.1) is 17.1 Å². The molecule has 0 fully saturated rings. The fourth-order valence-corrected chi connectivity index (χ4v) is 9.97. The van der Waals surface area contributed by atoms with E-state index in [1.165, 1.54) is 50.6 Å². The van der Waals surface area contributed by atoms with Crippen LogP contribution in [-0.2, 0) is 18.3 Å². The number of aryl methyl sites for hydroxylation is 2. The Morgan fingerprint density at radius 1 is 0.393 bits per heavy atom. The van der Waals surface area contributed by atoms with Crippen molar-refractivity contribution >= 4 is 56.1 Å². The van der Waals surface area contributed by atoms with Gasteiger partial charge in [-0.25, -0.2) is 0 Å². The van der Waals surface area contributed by atoms with Crippen LogP contribution >= 0.6 is 0 Å². The van der Waals surface area contributed by atoms with Crippen molar-refractivity contribution in [2.45, 2.75) is 31.1 Å². The predicted octanol–water partition coefficient (Wildman–Crippen LogP) is 14.4. The Morgan fingerprint density at radius 2 is 0.893 bits per heavy atom. The van der Waals surface area contributed by atoms with Crippen LogP contribution in [0, 0.1) is 0 Å². The van der Waals surface area contributed by atoms with Gasteiger partial charge < -0.3 is 14.2 Å². The van der Waals surface area contributed by atoms with E-state index < -0.39 is 0 Å². The molecule has 0 saturated carbocycles. The third kappa shape index (κ3) is 5.04. The molecule has 0 radical (unpaired) electrons. The van der Waals surface area contributed by atoms with Crippen LogP contribution in [0.5, 0.6) is 0 Å². The molecule has 0 aliphatic heterocycles. The lowest BCUT2D eigenvalue weighted by Crippen LogP contribution is -2.27. The van der Waals surface area contributed by atoms with Gasteiger partial charge in [0.15, 0.2) is 0 Å². The van der Waals surface area contributed by atoms with Crippen molar-refractivity contribution in [3.63, 3.8) is 0 Å². The molecule has 0 unspecified atom stereocenters. The molecular formula is C53H40N2O. The van der Waals surface area contributed by atoms with Crippen molar-refractivity contribution < 1.29 is 4.42 Å². The van der Waals surface area contributed by atoms with Crippen LogP contribution in [0.3, 0.4) is 0 Å². The van der Waals surface area contributed by atoms with Gasteiger partial charge in [0.1, 0.15) is 11.2 Å². The average Bonchev–Trinajstić information content (AvgIpc) is 3.97. The molecule has 1 spiro atoms. The lowest BCUT2D eigenvalue weighted by atomic mass is 9.74. The maximum absolute atomic E-state index is 6.54. The van der Waals surface area contributed by atoms with Crippen LogP contribution in [0.1, 0.15) is 35.1 Å². The first-order valence-corrected chi connectivity index (χ1v) is 19.8. The Morgan fingerprint density at radius 3 is 1.48 bits per heavy atom. The molecule has 3 heteroatoms. The zero-order valence-electron chi connectivity index (χ0n) is 31.1. The molecule has 0 bridgehead atoms. The molecule has 1 aromatic heterocycles. The summed E-state index contributed by atoms with van der Waals surface area (Å²) >= 11 is 0. The van der Waals surface area contributed by atoms with Crippen LogP contribution in [0.25, 0.3) is 33.1 Å². The summed E-state index contributed by atoms with van der Waals surface area (Å²) in [4.78, 5) is 5.02. The normalized spacial score (nSPS) is 15.6. The fourth-order valence-electron chi connectivity index (χ4n) is 9.97. The summed E-state index contributed by atoms with van der Waals surface area (Å²) in [6.07, 6.45) is 4.22. The number of hydrogen-bond acceptors (Lipinski definition) is 3. The number of nitrogens with zero attached hydrogens (tertiary/aromatic N) is 2. The summed E-state index contributed by atoms with van der Waals surface area (Å²) in [6.45, 7) is 0. The number of rotatable bonds is 7. The van der Waals surface area contributed by atoms with E-state index in [2.05, 4.69) is 204 Å². The number of fused-ring (bicyclic) bond motifs is 7. The Hall–Kier alpha value is -6.84. The second-order valence-electron chi connectivity index (χ2n) is 15.2. The second-order valence-corrected chi connectivity index (χ2v) is 15.2. The molecule has 2 aliphatic rings. The molecule has 8 aromatic carbocycles. The molecule has 11 rings (SSSR count). The molecule has 9 aromatic rings. The van der Waals surface area contributed by atoms with Gasteiger partial charge in [-0.3, -0.25) is 0 Å². The highest BCUT2D eigenvalue weighted by Gasteiger charge is 2.49. The van der Waals surface area contributed by atoms with Crippen molar-refractivity contribution in [2.24, 2.45) is 0 Å². The molecule has 3 nitrogen and oxygen atoms in total. The number of benzene rings is 8. The van der Waals surface area contributed by atoms with Crippen molar-refractivity contribution in [1.29, 1.82) is 0 Å². The van der Waals surface area contributed by atoms with Crippen LogP contribution in [-0.4, -0.2) is 0 Å². The van der Waals surface area contributed by atoms with E-state index in [9.17, 15) is 0 Å². The van der Waals surface area contributed by atoms with Gasteiger partial charge in [-0.2, -0.15) is 0 Å². The largest absolute Gasteiger partial charge is 0.456 e. The Bertz CT molecular complexity index is 2820. The highest BCUT2D eigenvalue weighted by molar-refractivity contribution is 6.16. The smallest absolute Gasteiger partial charge is 0.136 e. The van der Waals surface area contributed by atoms with Gasteiger partial charge in [0, 0.05) is 38.8 Å². The lowest BCUT2D eigenvalue weighted by Gasteiger charge is -2.37. The quantitative estimate of drug-likeness (QED) is 0.163. The first kappa shape index (κ1) is 32.6. The summed E-state index contributed by atoms with van der Waals surface area (Å²) < 4.78 is 6.54. The Labute approximate surface area is 327 Å². The molecule has 2 aliphatic carbocycles. The van der Waals surface area contributed by atoms with Crippen molar-refractivity contribution in [3.8, 4) is 11.1 Å². The summed E-state index contributed by atoms with van der Waals surface area (Å²) in [5.41, 5.74) is 16.9. The first-order valence-electron chi connectivity index (χ1n) is 19.8. The van der Waals surface area contributed by atoms with Crippen LogP contribution in [0.4, 0.5) is 34.1 Å². The highest BCUT2D eigenvalue weighted by Crippen LogP contribution is 2.60. The minimum atomic E-state index is -0.175. The van der Waals surface area contributed by atoms with E-state index in [1.54, 1.807) is 0 Å². The van der Waals surface area contributed by atoms with E-state index >= 15 is 0 Å². The van der Waals surface area contributed by atoms with Crippen molar-refractivity contribution in [2.75, 3.05) is 9.80 Å². The van der Waals surface area contributed by atoms with Gasteiger partial charge in [0.2, 0.25) is 0 Å². The maximum atomic E-state index is 6.54. The monoisotopic (exact) mass is 720 g/mol.